The fourth-order valence-electron chi connectivity index (χ4n) is 6.12. The topological polar surface area (TPSA) is 143 Å². The van der Waals surface area contributed by atoms with Gasteiger partial charge in [-0.15, -0.1) is 11.8 Å². The number of carbonyl (C=O) groups is 3. The van der Waals surface area contributed by atoms with Gasteiger partial charge in [-0.3, -0.25) is 14.4 Å². The fourth-order valence-corrected chi connectivity index (χ4v) is 7.15. The van der Waals surface area contributed by atoms with Crippen LogP contribution >= 0.6 is 11.8 Å². The molecule has 0 radical (unpaired) electrons. The quantitative estimate of drug-likeness (QED) is 0.226. The van der Waals surface area contributed by atoms with Gasteiger partial charge in [-0.25, -0.2) is 0 Å². The maximum absolute atomic E-state index is 11.1. The number of rotatable bonds is 10. The number of carbonyl (C=O) groups excluding carboxylic acids is 3. The maximum Gasteiger partial charge on any atom is 0.242 e. The summed E-state index contributed by atoms with van der Waals surface area (Å²) in [7, 11) is 0. The highest BCUT2D eigenvalue weighted by atomic mass is 32.2. The Labute approximate surface area is 307 Å². The second-order valence-corrected chi connectivity index (χ2v) is 14.7. The van der Waals surface area contributed by atoms with E-state index in [2.05, 4.69) is 72.5 Å². The van der Waals surface area contributed by atoms with Crippen molar-refractivity contribution in [1.82, 2.24) is 30.7 Å². The van der Waals surface area contributed by atoms with Gasteiger partial charge < -0.3 is 41.5 Å². The predicted molar refractivity (Wildman–Crippen MR) is 209 cm³/mol. The SMILES string of the molecule is CC.CC(C)C.CC1=C(c2ccc(CNC=O)cc2)SCN1.CCN1CCC2(CC1)CCN(CCN)CC2.O=CNCC(=O)N1CCC(O)C1. The van der Waals surface area contributed by atoms with Crippen LogP contribution in [-0.2, 0) is 20.9 Å². The highest BCUT2D eigenvalue weighted by Gasteiger charge is 2.36. The maximum atomic E-state index is 11.1. The Morgan fingerprint density at radius 2 is 1.56 bits per heavy atom. The molecule has 4 aliphatic heterocycles. The normalized spacial score (nSPS) is 19.7. The molecule has 1 unspecified atom stereocenters. The van der Waals surface area contributed by atoms with Crippen LogP contribution in [0.1, 0.15) is 91.7 Å². The first-order chi connectivity index (χ1) is 24.1. The minimum atomic E-state index is -0.398. The van der Waals surface area contributed by atoms with Crippen molar-refractivity contribution in [3.05, 3.63) is 41.1 Å². The van der Waals surface area contributed by atoms with Gasteiger partial charge in [-0.1, -0.05) is 65.8 Å². The number of thioether (sulfide) groups is 1. The van der Waals surface area contributed by atoms with E-state index < -0.39 is 6.10 Å². The Bertz CT molecular complexity index is 1100. The van der Waals surface area contributed by atoms with Gasteiger partial charge in [0.2, 0.25) is 18.7 Å². The third-order valence-electron chi connectivity index (χ3n) is 9.08. The number of allylic oxidation sites excluding steroid dienone is 1. The van der Waals surface area contributed by atoms with Crippen LogP contribution in [0.2, 0.25) is 0 Å². The second-order valence-electron chi connectivity index (χ2n) is 13.7. The molecular formula is C38H69N7O4S. The summed E-state index contributed by atoms with van der Waals surface area (Å²) < 4.78 is 0. The van der Waals surface area contributed by atoms with Crippen LogP contribution in [0.4, 0.5) is 0 Å². The van der Waals surface area contributed by atoms with Crippen LogP contribution in [0, 0.1) is 11.3 Å². The van der Waals surface area contributed by atoms with Gasteiger partial charge in [0.25, 0.3) is 0 Å². The highest BCUT2D eigenvalue weighted by molar-refractivity contribution is 8.08. The molecule has 1 atom stereocenters. The zero-order chi connectivity index (χ0) is 37.4. The fraction of sp³-hybridized carbons (Fsp3) is 0.711. The Kier molecular flexibility index (Phi) is 23.8. The van der Waals surface area contributed by atoms with Crippen LogP contribution in [-0.4, -0.2) is 116 Å². The number of nitrogens with one attached hydrogen (secondary N) is 3. The molecule has 50 heavy (non-hydrogen) atoms. The van der Waals surface area contributed by atoms with E-state index >= 15 is 0 Å². The smallest absolute Gasteiger partial charge is 0.242 e. The van der Waals surface area contributed by atoms with Crippen molar-refractivity contribution < 1.29 is 19.5 Å². The second kappa shape index (κ2) is 26.2. The number of benzene rings is 1. The van der Waals surface area contributed by atoms with Crippen molar-refractivity contribution in [3.63, 3.8) is 0 Å². The van der Waals surface area contributed by atoms with E-state index in [1.165, 1.54) is 74.6 Å². The lowest BCUT2D eigenvalue weighted by molar-refractivity contribution is -0.130. The number of nitrogens with two attached hydrogens (primary N) is 1. The standard InChI is InChI=1S/C13H27N3.C12H14N2OS.C7H12N2O3.C4H10.C2H6/c1-2-15-8-3-13(4-9-15)5-10-16(11-6-13)12-7-14;1-9-12(16-8-14-9)11-4-2-10(3-5-11)6-13-7-15;10-5-8-3-7(12)9-2-1-6(11)4-9;1-4(2)3;1-2/h2-12,14H2,1H3;2-5,7,14H,6,8H2,1H3,(H,13,15);5-6,11H,1-4H2,(H,8,10);4H,1-3H3;1-2H3. The van der Waals surface area contributed by atoms with Gasteiger partial charge in [-0.05, 0) is 94.2 Å². The Morgan fingerprint density at radius 3 is 2.00 bits per heavy atom. The van der Waals surface area contributed by atoms with Gasteiger partial charge in [0.15, 0.2) is 0 Å². The molecule has 3 fully saturated rings. The summed E-state index contributed by atoms with van der Waals surface area (Å²) in [5.41, 5.74) is 9.90. The van der Waals surface area contributed by atoms with Crippen molar-refractivity contribution in [2.75, 3.05) is 71.3 Å². The first kappa shape index (κ1) is 45.4. The summed E-state index contributed by atoms with van der Waals surface area (Å²) >= 11 is 1.82. The largest absolute Gasteiger partial charge is 0.391 e. The lowest BCUT2D eigenvalue weighted by Gasteiger charge is -2.46. The summed E-state index contributed by atoms with van der Waals surface area (Å²) in [5.74, 6) is 1.65. The number of hydrogen-bond donors (Lipinski definition) is 5. The molecule has 0 aliphatic carbocycles. The van der Waals surface area contributed by atoms with Gasteiger partial charge in [0, 0.05) is 43.3 Å². The van der Waals surface area contributed by atoms with Crippen LogP contribution in [0.3, 0.4) is 0 Å². The van der Waals surface area contributed by atoms with E-state index in [1.54, 1.807) is 4.90 Å². The van der Waals surface area contributed by atoms with Crippen LogP contribution < -0.4 is 21.7 Å². The van der Waals surface area contributed by atoms with Gasteiger partial charge in [0.1, 0.15) is 0 Å². The molecule has 4 aliphatic rings. The van der Waals surface area contributed by atoms with Gasteiger partial charge >= 0.3 is 0 Å². The van der Waals surface area contributed by atoms with E-state index in [9.17, 15) is 14.4 Å². The van der Waals surface area contributed by atoms with Crippen molar-refractivity contribution in [2.45, 2.75) is 93.2 Å². The number of piperidine rings is 2. The van der Waals surface area contributed by atoms with Crippen LogP contribution in [0.15, 0.2) is 30.0 Å². The first-order valence-electron chi connectivity index (χ1n) is 18.7. The van der Waals surface area contributed by atoms with Crippen molar-refractivity contribution in [1.29, 1.82) is 0 Å². The minimum Gasteiger partial charge on any atom is -0.391 e. The number of aliphatic hydroxyl groups is 1. The third kappa shape index (κ3) is 17.5. The molecule has 0 aromatic heterocycles. The molecule has 286 valence electrons. The molecule has 1 aromatic rings. The number of nitrogens with zero attached hydrogens (tertiary/aromatic N) is 3. The number of aliphatic hydroxyl groups excluding tert-OH is 1. The third-order valence-corrected chi connectivity index (χ3v) is 10.2. The van der Waals surface area contributed by atoms with Crippen molar-refractivity contribution >= 4 is 35.4 Å². The zero-order valence-corrected chi connectivity index (χ0v) is 33.0. The van der Waals surface area contributed by atoms with Crippen molar-refractivity contribution in [3.8, 4) is 0 Å². The minimum absolute atomic E-state index is 0.0240. The molecule has 1 aromatic carbocycles. The van der Waals surface area contributed by atoms with Gasteiger partial charge in [-0.2, -0.15) is 0 Å². The Balaban J connectivity index is 0.000000350. The molecule has 0 saturated carbocycles. The lowest BCUT2D eigenvalue weighted by atomic mass is 9.71. The molecular weight excluding hydrogens is 651 g/mol. The number of hydrogen-bond acceptors (Lipinski definition) is 9. The molecule has 0 bridgehead atoms. The number of β-amino-alcohol motifs (C(OH)–C–C–N with tert-alkyl or cyclic N) is 1. The average molecular weight is 720 g/mol. The molecule has 12 heteroatoms. The summed E-state index contributed by atoms with van der Waals surface area (Å²) in [6.45, 7) is 24.8. The van der Waals surface area contributed by atoms with E-state index in [0.29, 0.717) is 37.9 Å². The molecule has 6 N–H and O–H groups in total. The van der Waals surface area contributed by atoms with Crippen LogP contribution in [0.25, 0.3) is 4.91 Å². The monoisotopic (exact) mass is 720 g/mol. The molecule has 5 rings (SSSR count). The Hall–Kier alpha value is -2.64. The zero-order valence-electron chi connectivity index (χ0n) is 32.1. The highest BCUT2D eigenvalue weighted by Crippen LogP contribution is 2.41. The summed E-state index contributed by atoms with van der Waals surface area (Å²) in [5, 5.41) is 17.3. The number of amides is 3. The summed E-state index contributed by atoms with van der Waals surface area (Å²) in [6, 6.07) is 8.29. The van der Waals surface area contributed by atoms with Crippen LogP contribution in [0.5, 0.6) is 0 Å². The summed E-state index contributed by atoms with van der Waals surface area (Å²) in [6.07, 6.45) is 7.11. The molecule has 4 heterocycles. The van der Waals surface area contributed by atoms with E-state index in [0.717, 1.165) is 36.9 Å². The predicted octanol–water partition coefficient (Wildman–Crippen LogP) is 4.07. The number of likely N-dealkylation sites (tertiary alicyclic amines) is 3. The van der Waals surface area contributed by atoms with Gasteiger partial charge in [0.05, 0.1) is 18.5 Å². The Morgan fingerprint density at radius 1 is 1.00 bits per heavy atom. The first-order valence-corrected chi connectivity index (χ1v) is 19.7. The van der Waals surface area contributed by atoms with E-state index in [4.69, 9.17) is 10.8 Å². The molecule has 1 spiro atoms. The average Bonchev–Trinajstić information content (AvgIpc) is 3.77. The molecule has 3 amide bonds. The van der Waals surface area contributed by atoms with E-state index in [1.807, 2.05) is 37.7 Å². The molecule has 11 nitrogen and oxygen atoms in total. The lowest BCUT2D eigenvalue weighted by Crippen LogP contribution is -2.47. The van der Waals surface area contributed by atoms with Crippen molar-refractivity contribution in [2.24, 2.45) is 17.1 Å². The summed E-state index contributed by atoms with van der Waals surface area (Å²) in [4.78, 5) is 39.2. The van der Waals surface area contributed by atoms with E-state index in [-0.39, 0.29) is 12.5 Å². The molecule has 3 saturated heterocycles.